The van der Waals surface area contributed by atoms with Gasteiger partial charge in [0.05, 0.1) is 6.61 Å². The predicted molar refractivity (Wildman–Crippen MR) is 123 cm³/mol. The third-order valence-corrected chi connectivity index (χ3v) is 5.27. The minimum absolute atomic E-state index is 0.0618. The molecule has 0 aliphatic carbocycles. The molecule has 0 aliphatic rings. The first-order valence-electron chi connectivity index (χ1n) is 10.0. The minimum Gasteiger partial charge on any atom is -0.392 e. The van der Waals surface area contributed by atoms with Crippen LogP contribution in [0, 0.1) is 20.8 Å². The molecule has 0 amide bonds. The van der Waals surface area contributed by atoms with Gasteiger partial charge in [-0.05, 0) is 77.9 Å². The van der Waals surface area contributed by atoms with E-state index in [1.807, 2.05) is 6.07 Å². The maximum atomic E-state index is 9.54. The van der Waals surface area contributed by atoms with Crippen LogP contribution in [-0.4, -0.2) is 5.11 Å². The Morgan fingerprint density at radius 1 is 0.483 bits per heavy atom. The van der Waals surface area contributed by atoms with Crippen molar-refractivity contribution in [3.63, 3.8) is 0 Å². The lowest BCUT2D eigenvalue weighted by atomic mass is 9.94. The molecule has 0 spiro atoms. The Bertz CT molecular complexity index is 1150. The van der Waals surface area contributed by atoms with Gasteiger partial charge in [-0.15, -0.1) is 0 Å². The Labute approximate surface area is 173 Å². The molecule has 4 rings (SSSR count). The van der Waals surface area contributed by atoms with E-state index in [4.69, 9.17) is 0 Å². The maximum absolute atomic E-state index is 9.54. The summed E-state index contributed by atoms with van der Waals surface area (Å²) in [6.45, 7) is 6.42. The van der Waals surface area contributed by atoms with Gasteiger partial charge in [0.15, 0.2) is 0 Å². The van der Waals surface area contributed by atoms with Crippen molar-refractivity contribution in [3.8, 4) is 33.4 Å². The van der Waals surface area contributed by atoms with Gasteiger partial charge in [-0.3, -0.25) is 0 Å². The van der Waals surface area contributed by atoms with Crippen LogP contribution in [0.3, 0.4) is 0 Å². The number of aryl methyl sites for hydroxylation is 3. The van der Waals surface area contributed by atoms with E-state index in [9.17, 15) is 5.11 Å². The molecule has 29 heavy (non-hydrogen) atoms. The Morgan fingerprint density at radius 3 is 1.38 bits per heavy atom. The van der Waals surface area contributed by atoms with E-state index in [-0.39, 0.29) is 6.61 Å². The lowest BCUT2D eigenvalue weighted by molar-refractivity contribution is 0.282. The van der Waals surface area contributed by atoms with Crippen molar-refractivity contribution in [2.75, 3.05) is 0 Å². The normalized spacial score (nSPS) is 10.9. The summed E-state index contributed by atoms with van der Waals surface area (Å²) in [6, 6.07) is 30.3. The summed E-state index contributed by atoms with van der Waals surface area (Å²) in [5.41, 5.74) is 11.9. The van der Waals surface area contributed by atoms with Gasteiger partial charge in [-0.2, -0.15) is 0 Å². The van der Waals surface area contributed by atoms with Crippen LogP contribution in [0.4, 0.5) is 0 Å². The third kappa shape index (κ3) is 4.31. The average molecular weight is 379 g/mol. The second-order valence-corrected chi connectivity index (χ2v) is 7.90. The maximum Gasteiger partial charge on any atom is 0.0682 e. The molecule has 1 nitrogen and oxygen atoms in total. The smallest absolute Gasteiger partial charge is 0.0682 e. The fraction of sp³-hybridized carbons (Fsp3) is 0.143. The number of benzene rings is 4. The number of hydrogen-bond donors (Lipinski definition) is 1. The van der Waals surface area contributed by atoms with Gasteiger partial charge in [-0.1, -0.05) is 83.4 Å². The molecule has 0 heterocycles. The number of rotatable bonds is 4. The van der Waals surface area contributed by atoms with E-state index >= 15 is 0 Å². The zero-order valence-electron chi connectivity index (χ0n) is 17.2. The lowest BCUT2D eigenvalue weighted by Gasteiger charge is -2.11. The van der Waals surface area contributed by atoms with E-state index in [1.54, 1.807) is 0 Å². The van der Waals surface area contributed by atoms with Crippen LogP contribution in [0.5, 0.6) is 0 Å². The van der Waals surface area contributed by atoms with Crippen LogP contribution >= 0.6 is 0 Å². The Balaban J connectivity index is 1.75. The van der Waals surface area contributed by atoms with Crippen molar-refractivity contribution < 1.29 is 5.11 Å². The molecule has 0 bridgehead atoms. The first kappa shape index (κ1) is 19.2. The Kier molecular flexibility index (Phi) is 5.33. The van der Waals surface area contributed by atoms with Crippen molar-refractivity contribution in [1.82, 2.24) is 0 Å². The molecule has 0 saturated heterocycles. The van der Waals surface area contributed by atoms with E-state index in [1.165, 1.54) is 33.4 Å². The lowest BCUT2D eigenvalue weighted by Crippen LogP contribution is -1.88. The molecule has 0 aliphatic heterocycles. The largest absolute Gasteiger partial charge is 0.392 e. The van der Waals surface area contributed by atoms with Gasteiger partial charge in [0, 0.05) is 0 Å². The van der Waals surface area contributed by atoms with Crippen LogP contribution in [0.15, 0.2) is 84.9 Å². The van der Waals surface area contributed by atoms with E-state index in [2.05, 4.69) is 99.6 Å². The van der Waals surface area contributed by atoms with Gasteiger partial charge < -0.3 is 5.11 Å². The second-order valence-electron chi connectivity index (χ2n) is 7.90. The number of aliphatic hydroxyl groups excluding tert-OH is 1. The van der Waals surface area contributed by atoms with E-state index in [0.29, 0.717) is 0 Å². The van der Waals surface area contributed by atoms with Crippen molar-refractivity contribution in [3.05, 3.63) is 107 Å². The molecule has 0 radical (unpaired) electrons. The quantitative estimate of drug-likeness (QED) is 0.401. The zero-order valence-corrected chi connectivity index (χ0v) is 17.2. The topological polar surface area (TPSA) is 20.2 Å². The van der Waals surface area contributed by atoms with Crippen molar-refractivity contribution in [2.45, 2.75) is 27.4 Å². The highest BCUT2D eigenvalue weighted by atomic mass is 16.3. The fourth-order valence-corrected chi connectivity index (χ4v) is 4.02. The van der Waals surface area contributed by atoms with Gasteiger partial charge in [0.25, 0.3) is 0 Å². The summed E-state index contributed by atoms with van der Waals surface area (Å²) in [5.74, 6) is 0. The highest BCUT2D eigenvalue weighted by molar-refractivity contribution is 5.77. The van der Waals surface area contributed by atoms with Crippen molar-refractivity contribution in [2.24, 2.45) is 0 Å². The zero-order chi connectivity index (χ0) is 20.4. The third-order valence-electron chi connectivity index (χ3n) is 5.27. The first-order chi connectivity index (χ1) is 14.0. The summed E-state index contributed by atoms with van der Waals surface area (Å²) in [7, 11) is 0. The van der Waals surface area contributed by atoms with Crippen LogP contribution in [0.25, 0.3) is 33.4 Å². The summed E-state index contributed by atoms with van der Waals surface area (Å²) < 4.78 is 0. The van der Waals surface area contributed by atoms with Crippen molar-refractivity contribution >= 4 is 0 Å². The monoisotopic (exact) mass is 378 g/mol. The van der Waals surface area contributed by atoms with Crippen LogP contribution in [0.1, 0.15) is 22.3 Å². The van der Waals surface area contributed by atoms with Crippen LogP contribution < -0.4 is 0 Å². The van der Waals surface area contributed by atoms with Crippen molar-refractivity contribution in [1.29, 1.82) is 0 Å². The Morgan fingerprint density at radius 2 is 0.897 bits per heavy atom. The summed E-state index contributed by atoms with van der Waals surface area (Å²) in [6.07, 6.45) is 0. The van der Waals surface area contributed by atoms with Gasteiger partial charge in [0.2, 0.25) is 0 Å². The molecule has 0 aromatic heterocycles. The highest BCUT2D eigenvalue weighted by Gasteiger charge is 2.06. The van der Waals surface area contributed by atoms with Gasteiger partial charge in [0.1, 0.15) is 0 Å². The fourth-order valence-electron chi connectivity index (χ4n) is 4.02. The van der Waals surface area contributed by atoms with Crippen LogP contribution in [0.2, 0.25) is 0 Å². The Hall–Kier alpha value is -3.16. The molecule has 1 N–H and O–H groups in total. The predicted octanol–water partition coefficient (Wildman–Crippen LogP) is 7.11. The highest BCUT2D eigenvalue weighted by Crippen LogP contribution is 2.31. The average Bonchev–Trinajstić information content (AvgIpc) is 2.73. The van der Waals surface area contributed by atoms with E-state index < -0.39 is 0 Å². The minimum atomic E-state index is 0.0618. The molecular formula is C28H26O. The molecule has 144 valence electrons. The molecule has 0 fully saturated rings. The molecule has 4 aromatic carbocycles. The number of hydrogen-bond acceptors (Lipinski definition) is 1. The summed E-state index contributed by atoms with van der Waals surface area (Å²) >= 11 is 0. The molecular weight excluding hydrogens is 352 g/mol. The molecule has 1 heteroatoms. The van der Waals surface area contributed by atoms with E-state index in [0.717, 1.165) is 22.3 Å². The molecule has 0 atom stereocenters. The van der Waals surface area contributed by atoms with Gasteiger partial charge >= 0.3 is 0 Å². The molecule has 0 unspecified atom stereocenters. The standard InChI is InChI=1S/C28H26O/c1-19-10-20(2)13-27(12-19)25-8-4-6-23(16-25)24-7-5-9-26(17-24)28-14-21(3)11-22(15-28)18-29/h4-17,29H,18H2,1-3H3. The summed E-state index contributed by atoms with van der Waals surface area (Å²) in [4.78, 5) is 0. The summed E-state index contributed by atoms with van der Waals surface area (Å²) in [5, 5.41) is 9.54. The molecule has 0 saturated carbocycles. The number of aliphatic hydroxyl groups is 1. The SMILES string of the molecule is Cc1cc(C)cc(-c2cccc(-c3cccc(-c4cc(C)cc(CO)c4)c3)c2)c1. The van der Waals surface area contributed by atoms with Gasteiger partial charge in [-0.25, -0.2) is 0 Å². The first-order valence-corrected chi connectivity index (χ1v) is 10.0. The van der Waals surface area contributed by atoms with Crippen LogP contribution in [-0.2, 0) is 6.61 Å². The second kappa shape index (κ2) is 8.06. The molecule has 4 aromatic rings.